The first-order valence-electron chi connectivity index (χ1n) is 35.2. The van der Waals surface area contributed by atoms with E-state index in [1.54, 1.807) is 13.8 Å². The topological polar surface area (TPSA) is 435 Å². The lowest BCUT2D eigenvalue weighted by Gasteiger charge is -2.37. The number of rotatable bonds is 17. The van der Waals surface area contributed by atoms with Crippen molar-refractivity contribution < 1.29 is 71.7 Å². The Balaban J connectivity index is 1.08. The molecule has 0 spiro atoms. The summed E-state index contributed by atoms with van der Waals surface area (Å²) in [5, 5.41) is 49.4. The Labute approximate surface area is 614 Å². The molecule has 10 atom stereocenters. The third-order valence-electron chi connectivity index (χ3n) is 18.9. The van der Waals surface area contributed by atoms with Gasteiger partial charge in [-0.3, -0.25) is 52.7 Å². The number of H-pyrrole nitrogens is 2. The lowest BCUT2D eigenvalue weighted by atomic mass is 9.95. The first-order valence-corrected chi connectivity index (χ1v) is 37.5. The molecule has 2 aromatic heterocycles. The van der Waals surface area contributed by atoms with Gasteiger partial charge in [0, 0.05) is 109 Å². The molecule has 32 heteroatoms. The van der Waals surface area contributed by atoms with Crippen LogP contribution in [0.15, 0.2) is 97.3 Å². The van der Waals surface area contributed by atoms with E-state index in [9.17, 15) is 39.0 Å². The smallest absolute Gasteiger partial charge is 0.305 e. The number of phenolic OH excluding ortho intramolecular Hbond substituents is 1. The molecule has 9 rings (SSSR count). The maximum absolute atomic E-state index is 15.4. The van der Waals surface area contributed by atoms with Gasteiger partial charge in [-0.05, 0) is 141 Å². The number of aromatic amines is 2. The predicted octanol–water partition coefficient (Wildman–Crippen LogP) is 2.53. The van der Waals surface area contributed by atoms with Crippen molar-refractivity contribution in [1.82, 2.24) is 68.0 Å². The maximum Gasteiger partial charge on any atom is 0.305 e. The highest BCUT2D eigenvalue weighted by Crippen LogP contribution is 2.32. The number of nitrogens with one attached hydrogen (secondary N) is 12. The summed E-state index contributed by atoms with van der Waals surface area (Å²) in [4.78, 5) is 167. The lowest BCUT2D eigenvalue weighted by Crippen LogP contribution is -2.63. The number of aliphatic carboxylic acids is 1. The van der Waals surface area contributed by atoms with E-state index in [1.807, 2.05) is 24.3 Å². The summed E-state index contributed by atoms with van der Waals surface area (Å²) in [6.45, 7) is 6.03. The largest absolute Gasteiger partial charge is 0.508 e. The molecule has 5 heterocycles. The van der Waals surface area contributed by atoms with Crippen LogP contribution >= 0.6 is 23.5 Å². The first kappa shape index (κ1) is 79.5. The Morgan fingerprint density at radius 2 is 1.22 bits per heavy atom. The Morgan fingerprint density at radius 1 is 0.657 bits per heavy atom. The second kappa shape index (κ2) is 37.4. The van der Waals surface area contributed by atoms with Crippen molar-refractivity contribution in [2.75, 3.05) is 37.8 Å². The van der Waals surface area contributed by atoms with Crippen LogP contribution in [0.25, 0.3) is 21.8 Å². The van der Waals surface area contributed by atoms with Crippen LogP contribution in [0.2, 0.25) is 0 Å². The van der Waals surface area contributed by atoms with Crippen molar-refractivity contribution in [2.24, 2.45) is 17.4 Å². The summed E-state index contributed by atoms with van der Waals surface area (Å²) in [6, 6.07) is 8.46. The number of carbonyl (C=O) groups excluding carboxylic acids is 10. The summed E-state index contributed by atoms with van der Waals surface area (Å²) in [5.41, 5.74) is 13.9. The number of unbranched alkanes of at least 4 members (excludes halogenated alkanes) is 1. The summed E-state index contributed by atoms with van der Waals surface area (Å²) < 4.78 is 30.1. The van der Waals surface area contributed by atoms with Crippen LogP contribution in [-0.4, -0.2) is 188 Å². The van der Waals surface area contributed by atoms with Crippen LogP contribution in [0, 0.1) is 17.6 Å². The molecule has 105 heavy (non-hydrogen) atoms. The van der Waals surface area contributed by atoms with Gasteiger partial charge in [-0.2, -0.15) is 23.5 Å². The summed E-state index contributed by atoms with van der Waals surface area (Å²) in [7, 11) is 0. The zero-order valence-corrected chi connectivity index (χ0v) is 60.3. The highest BCUT2D eigenvalue weighted by molar-refractivity contribution is 7.98. The molecular formula is C73H93F2N15O13S2. The molecule has 6 aromatic rings. The van der Waals surface area contributed by atoms with Gasteiger partial charge in [0.05, 0.1) is 6.42 Å². The predicted molar refractivity (Wildman–Crippen MR) is 392 cm³/mol. The molecule has 0 saturated carbocycles. The highest BCUT2D eigenvalue weighted by atomic mass is 32.2. The molecule has 4 aromatic carbocycles. The van der Waals surface area contributed by atoms with Crippen molar-refractivity contribution in [2.45, 2.75) is 169 Å². The molecule has 564 valence electrons. The van der Waals surface area contributed by atoms with Gasteiger partial charge in [0.15, 0.2) is 0 Å². The van der Waals surface area contributed by atoms with Gasteiger partial charge in [-0.25, -0.2) is 8.78 Å². The number of primary amides is 1. The minimum Gasteiger partial charge on any atom is -0.508 e. The molecule has 1 unspecified atom stereocenters. The number of hydrogen-bond donors (Lipinski definition) is 16. The minimum atomic E-state index is -2.02. The van der Waals surface area contributed by atoms with Crippen LogP contribution < -0.4 is 64.6 Å². The Morgan fingerprint density at radius 3 is 1.81 bits per heavy atom. The van der Waals surface area contributed by atoms with Gasteiger partial charge < -0.3 is 89.7 Å². The number of phenols is 1. The van der Waals surface area contributed by atoms with E-state index in [0.29, 0.717) is 70.6 Å². The van der Waals surface area contributed by atoms with E-state index in [0.717, 1.165) is 11.1 Å². The number of aromatic hydroxyl groups is 1. The quantitative estimate of drug-likeness (QED) is 0.0583. The average molecular weight is 1490 g/mol. The van der Waals surface area contributed by atoms with Crippen molar-refractivity contribution in [3.8, 4) is 5.75 Å². The fourth-order valence-electron chi connectivity index (χ4n) is 13.2. The number of halogens is 2. The number of thioether (sulfide) groups is 2. The number of carbonyl (C=O) groups is 11. The number of nitrogens with zero attached hydrogens (tertiary/aromatic N) is 1. The zero-order valence-electron chi connectivity index (χ0n) is 58.7. The second-order valence-corrected chi connectivity index (χ2v) is 29.6. The number of carboxylic acids is 1. The van der Waals surface area contributed by atoms with Gasteiger partial charge in [0.25, 0.3) is 0 Å². The fourth-order valence-corrected chi connectivity index (χ4v) is 15.1. The number of carboxylic acid groups (broad SMARTS) is 1. The Hall–Kier alpha value is -9.63. The van der Waals surface area contributed by atoms with Gasteiger partial charge in [0.1, 0.15) is 71.3 Å². The molecule has 2 bridgehead atoms. The van der Waals surface area contributed by atoms with Crippen molar-refractivity contribution >= 4 is 110 Å². The molecule has 18 N–H and O–H groups in total. The third-order valence-corrected chi connectivity index (χ3v) is 21.0. The zero-order chi connectivity index (χ0) is 75.5. The van der Waals surface area contributed by atoms with E-state index in [-0.39, 0.29) is 93.1 Å². The minimum absolute atomic E-state index is 0.00788. The van der Waals surface area contributed by atoms with E-state index in [1.165, 1.54) is 108 Å². The monoisotopic (exact) mass is 1490 g/mol. The first-order chi connectivity index (χ1) is 50.2. The number of fused-ring (bicyclic) bond motifs is 5. The Kier molecular flexibility index (Phi) is 28.3. The SMILES string of the molecule is CC(C)C[C@H]1NC(=O)[C@H](CCCCN)NC(=O)CCSCc2cccc(c2)CSC[C@@H](C(N)=O)NC(=O)[C@]2(C)CCCN2C(=O)[C@H](Cc2ccc(O)cc2)NC(=O)[C@H](CC2CNCN2)NC(=O)[C@H](CC(=O)O)NC(=O)[C@H](Cc2c[nH]c3ccc(F)cc23)NC(=O)[C@H](Cc2c[nH]c3ccc(F)cc23)NC1=O. The van der Waals surface area contributed by atoms with E-state index < -0.39 is 149 Å². The third kappa shape index (κ3) is 22.2. The maximum atomic E-state index is 15.4. The van der Waals surface area contributed by atoms with E-state index in [4.69, 9.17) is 11.5 Å². The molecule has 2 fully saturated rings. The number of nitrogens with two attached hydrogens (primary N) is 2. The van der Waals surface area contributed by atoms with Crippen molar-refractivity contribution in [3.05, 3.63) is 137 Å². The Bertz CT molecular complexity index is 4120. The van der Waals surface area contributed by atoms with Crippen LogP contribution in [0.1, 0.15) is 106 Å². The van der Waals surface area contributed by atoms with Crippen molar-refractivity contribution in [3.63, 3.8) is 0 Å². The van der Waals surface area contributed by atoms with E-state index in [2.05, 4.69) is 63.1 Å². The summed E-state index contributed by atoms with van der Waals surface area (Å²) in [5.74, 6) is -10.6. The molecule has 0 aliphatic carbocycles. The molecule has 3 aliphatic rings. The van der Waals surface area contributed by atoms with E-state index >= 15 is 32.8 Å². The summed E-state index contributed by atoms with van der Waals surface area (Å²) in [6.07, 6.45) is 2.16. The molecule has 2 saturated heterocycles. The standard InChI is InChI=1S/C73H93F2N15O13S2/c1-40(2)24-55-66(97)84-56(27-44-33-79-52-17-13-46(74)29-50(44)52)67(98)85-57(28-45-34-80-53-18-14-47(75)30-51(45)53)68(99)87-59(32-63(93)94)70(101)86-58(31-48-35-78-39-81-48)69(100)88-60(26-41-11-15-49(91)16-12-41)71(102)90-22-7-20-73(90,3)72(103)89-61(64(77)95)38-105-37-43-9-6-8-42(25-43)36-104-23-19-62(92)82-54(65(96)83-55)10-4-5-21-76/h6,8-9,11-18,25,29-30,33-34,40,48,54-61,78-81,91H,4-5,7,10,19-24,26-28,31-32,35-39,76H2,1-3H3,(H2,77,95)(H,82,92)(H,83,96)(H,84,97)(H,85,98)(H,86,101)(H,87,99)(H,88,100)(H,89,103)(H,93,94)/t48?,54-,55+,56-,57-,58-,59-,60-,61-,73-/m0/s1. The molecule has 10 amide bonds. The molecule has 28 nitrogen and oxygen atoms in total. The van der Waals surface area contributed by atoms with Gasteiger partial charge in [-0.15, -0.1) is 0 Å². The van der Waals surface area contributed by atoms with Gasteiger partial charge >= 0.3 is 5.97 Å². The average Bonchev–Trinajstić information content (AvgIpc) is 1.71. The van der Waals surface area contributed by atoms with Gasteiger partial charge in [0.2, 0.25) is 59.1 Å². The fraction of sp³-hybridized carbons (Fsp3) is 0.466. The van der Waals surface area contributed by atoms with Crippen LogP contribution in [-0.2, 0) is 83.5 Å². The van der Waals surface area contributed by atoms with Crippen LogP contribution in [0.3, 0.4) is 0 Å². The molecule has 0 radical (unpaired) electrons. The lowest BCUT2D eigenvalue weighted by molar-refractivity contribution is -0.147. The number of hydrogen-bond acceptors (Lipinski definition) is 17. The molecule has 3 aliphatic heterocycles. The molecular weight excluding hydrogens is 1400 g/mol. The van der Waals surface area contributed by atoms with Gasteiger partial charge in [-0.1, -0.05) is 50.2 Å². The van der Waals surface area contributed by atoms with Crippen molar-refractivity contribution in [1.29, 1.82) is 0 Å². The van der Waals surface area contributed by atoms with Crippen LogP contribution in [0.5, 0.6) is 5.75 Å². The number of amides is 10. The summed E-state index contributed by atoms with van der Waals surface area (Å²) >= 11 is 2.81. The number of benzene rings is 4. The number of aromatic nitrogens is 2. The normalized spacial score (nSPS) is 24.5. The van der Waals surface area contributed by atoms with Crippen LogP contribution in [0.4, 0.5) is 8.78 Å². The second-order valence-electron chi connectivity index (χ2n) is 27.5. The highest BCUT2D eigenvalue weighted by Gasteiger charge is 2.49.